The topological polar surface area (TPSA) is 73.1 Å². The van der Waals surface area contributed by atoms with Gasteiger partial charge in [-0.1, -0.05) is 31.4 Å². The maximum Gasteiger partial charge on any atom is 0.243 e. The molecular weight excluding hydrogens is 494 g/mol. The van der Waals surface area contributed by atoms with Crippen LogP contribution in [-0.4, -0.2) is 50.2 Å². The molecule has 0 unspecified atom stereocenters. The molecule has 9 heteroatoms. The van der Waals surface area contributed by atoms with Gasteiger partial charge >= 0.3 is 0 Å². The second kappa shape index (κ2) is 11.3. The van der Waals surface area contributed by atoms with Crippen LogP contribution in [0, 0.1) is 0 Å². The molecule has 0 radical (unpaired) electrons. The molecular formula is C27H33N3O4S2. The quantitative estimate of drug-likeness (QED) is 0.414. The largest absolute Gasteiger partial charge is 0.494 e. The van der Waals surface area contributed by atoms with Gasteiger partial charge in [0.1, 0.15) is 5.75 Å². The molecule has 2 fully saturated rings. The van der Waals surface area contributed by atoms with Crippen LogP contribution in [-0.2, 0) is 14.8 Å². The van der Waals surface area contributed by atoms with Gasteiger partial charge in [-0.2, -0.15) is 4.31 Å². The van der Waals surface area contributed by atoms with Gasteiger partial charge < -0.3 is 14.0 Å². The Kier molecular flexibility index (Phi) is 7.90. The number of benzene rings is 2. The average molecular weight is 528 g/mol. The van der Waals surface area contributed by atoms with Crippen LogP contribution < -0.4 is 9.54 Å². The van der Waals surface area contributed by atoms with Gasteiger partial charge in [0.2, 0.25) is 10.0 Å². The Hall–Kier alpha value is -2.46. The molecule has 1 saturated carbocycles. The summed E-state index contributed by atoms with van der Waals surface area (Å²) in [7, 11) is -3.51. The van der Waals surface area contributed by atoms with Gasteiger partial charge in [0.25, 0.3) is 0 Å². The highest BCUT2D eigenvalue weighted by atomic mass is 32.2. The molecule has 1 saturated heterocycles. The van der Waals surface area contributed by atoms with E-state index < -0.39 is 10.0 Å². The number of sulfonamides is 1. The zero-order valence-electron chi connectivity index (χ0n) is 20.6. The predicted octanol–water partition coefficient (Wildman–Crippen LogP) is 5.37. The normalized spacial score (nSPS) is 18.4. The van der Waals surface area contributed by atoms with Gasteiger partial charge in [-0.3, -0.25) is 0 Å². The molecule has 2 aromatic carbocycles. The van der Waals surface area contributed by atoms with E-state index in [9.17, 15) is 8.42 Å². The summed E-state index contributed by atoms with van der Waals surface area (Å²) in [6, 6.07) is 15.6. The van der Waals surface area contributed by atoms with Gasteiger partial charge in [0.15, 0.2) is 4.80 Å². The lowest BCUT2D eigenvalue weighted by atomic mass is 9.95. The number of rotatable bonds is 7. The first-order chi connectivity index (χ1) is 17.6. The van der Waals surface area contributed by atoms with Crippen molar-refractivity contribution in [3.63, 3.8) is 0 Å². The molecule has 2 heterocycles. The van der Waals surface area contributed by atoms with Gasteiger partial charge in [-0.05, 0) is 61.7 Å². The predicted molar refractivity (Wildman–Crippen MR) is 142 cm³/mol. The second-order valence-electron chi connectivity index (χ2n) is 9.14. The summed E-state index contributed by atoms with van der Waals surface area (Å²) >= 11 is 1.63. The number of hydrogen-bond donors (Lipinski definition) is 0. The Morgan fingerprint density at radius 1 is 1.00 bits per heavy atom. The lowest BCUT2D eigenvalue weighted by molar-refractivity contribution is 0.0730. The van der Waals surface area contributed by atoms with Crippen LogP contribution in [0.15, 0.2) is 63.8 Å². The molecule has 0 spiro atoms. The summed E-state index contributed by atoms with van der Waals surface area (Å²) < 4.78 is 40.9. The molecule has 0 N–H and O–H groups in total. The van der Waals surface area contributed by atoms with Gasteiger partial charge in [-0.25, -0.2) is 13.4 Å². The molecule has 36 heavy (non-hydrogen) atoms. The van der Waals surface area contributed by atoms with Crippen LogP contribution in [0.5, 0.6) is 5.75 Å². The maximum absolute atomic E-state index is 13.1. The number of thiazole rings is 1. The number of morpholine rings is 1. The van der Waals surface area contributed by atoms with E-state index in [0.717, 1.165) is 40.3 Å². The summed E-state index contributed by atoms with van der Waals surface area (Å²) in [4.78, 5) is 6.28. The van der Waals surface area contributed by atoms with Crippen molar-refractivity contribution < 1.29 is 17.9 Å². The minimum absolute atomic E-state index is 0.326. The van der Waals surface area contributed by atoms with Gasteiger partial charge in [0, 0.05) is 24.5 Å². The highest BCUT2D eigenvalue weighted by molar-refractivity contribution is 7.89. The average Bonchev–Trinajstić information content (AvgIpc) is 3.34. The van der Waals surface area contributed by atoms with Crippen LogP contribution in [0.2, 0.25) is 0 Å². The third-order valence-corrected chi connectivity index (χ3v) is 9.56. The minimum atomic E-state index is -3.51. The number of aromatic nitrogens is 1. The van der Waals surface area contributed by atoms with Crippen molar-refractivity contribution in [3.05, 3.63) is 58.7 Å². The highest BCUT2D eigenvalue weighted by Crippen LogP contribution is 2.33. The molecule has 1 aliphatic heterocycles. The Morgan fingerprint density at radius 3 is 2.36 bits per heavy atom. The van der Waals surface area contributed by atoms with Crippen molar-refractivity contribution in [2.75, 3.05) is 32.9 Å². The minimum Gasteiger partial charge on any atom is -0.494 e. The Balaban J connectivity index is 1.49. The monoisotopic (exact) mass is 527 g/mol. The molecule has 0 bridgehead atoms. The SMILES string of the molecule is CCOc1ccc(N=c2scc(-c3ccc(S(=O)(=O)N4CCOCC4)cc3)n2C2CCCCC2)cc1. The summed E-state index contributed by atoms with van der Waals surface area (Å²) in [6.07, 6.45) is 5.96. The summed E-state index contributed by atoms with van der Waals surface area (Å²) in [5.41, 5.74) is 2.99. The highest BCUT2D eigenvalue weighted by Gasteiger charge is 2.26. The third-order valence-electron chi connectivity index (χ3n) is 6.81. The van der Waals surface area contributed by atoms with E-state index in [0.29, 0.717) is 43.8 Å². The molecule has 192 valence electrons. The van der Waals surface area contributed by atoms with E-state index in [-0.39, 0.29) is 0 Å². The first-order valence-corrected chi connectivity index (χ1v) is 15.0. The molecule has 1 aromatic heterocycles. The number of hydrogen-bond acceptors (Lipinski definition) is 6. The molecule has 1 aliphatic carbocycles. The van der Waals surface area contributed by atoms with E-state index in [1.807, 2.05) is 43.3 Å². The lowest BCUT2D eigenvalue weighted by Crippen LogP contribution is -2.40. The van der Waals surface area contributed by atoms with Crippen LogP contribution in [0.1, 0.15) is 45.1 Å². The fraction of sp³-hybridized carbons (Fsp3) is 0.444. The van der Waals surface area contributed by atoms with Gasteiger partial charge in [0.05, 0.1) is 36.1 Å². The summed E-state index contributed by atoms with van der Waals surface area (Å²) in [5, 5.41) is 2.15. The number of ether oxygens (including phenoxy) is 2. The van der Waals surface area contributed by atoms with E-state index in [1.165, 1.54) is 23.6 Å². The van der Waals surface area contributed by atoms with Crippen molar-refractivity contribution in [2.45, 2.75) is 50.0 Å². The Labute approximate surface area is 217 Å². The van der Waals surface area contributed by atoms with Crippen LogP contribution in [0.25, 0.3) is 11.3 Å². The first kappa shape index (κ1) is 25.2. The third kappa shape index (κ3) is 5.44. The number of nitrogens with zero attached hydrogens (tertiary/aromatic N) is 3. The molecule has 7 nitrogen and oxygen atoms in total. The molecule has 3 aromatic rings. The van der Waals surface area contributed by atoms with E-state index in [2.05, 4.69) is 9.95 Å². The van der Waals surface area contributed by atoms with Gasteiger partial charge in [-0.15, -0.1) is 11.3 Å². The Bertz CT molecular complexity index is 1320. The second-order valence-corrected chi connectivity index (χ2v) is 11.9. The van der Waals surface area contributed by atoms with E-state index in [4.69, 9.17) is 14.5 Å². The van der Waals surface area contributed by atoms with Crippen molar-refractivity contribution >= 4 is 27.0 Å². The first-order valence-electron chi connectivity index (χ1n) is 12.7. The zero-order chi connectivity index (χ0) is 25.0. The van der Waals surface area contributed by atoms with E-state index in [1.54, 1.807) is 23.5 Å². The summed E-state index contributed by atoms with van der Waals surface area (Å²) in [5.74, 6) is 0.843. The van der Waals surface area contributed by atoms with Crippen LogP contribution in [0.4, 0.5) is 5.69 Å². The molecule has 5 rings (SSSR count). The van der Waals surface area contributed by atoms with Crippen molar-refractivity contribution in [1.29, 1.82) is 0 Å². The molecule has 2 aliphatic rings. The molecule has 0 atom stereocenters. The summed E-state index contributed by atoms with van der Waals surface area (Å²) in [6.45, 7) is 4.28. The smallest absolute Gasteiger partial charge is 0.243 e. The van der Waals surface area contributed by atoms with Crippen molar-refractivity contribution in [3.8, 4) is 17.0 Å². The van der Waals surface area contributed by atoms with E-state index >= 15 is 0 Å². The van der Waals surface area contributed by atoms with Crippen molar-refractivity contribution in [2.24, 2.45) is 4.99 Å². The van der Waals surface area contributed by atoms with Crippen LogP contribution in [0.3, 0.4) is 0 Å². The zero-order valence-corrected chi connectivity index (χ0v) is 22.3. The molecule has 0 amide bonds. The fourth-order valence-corrected chi connectivity index (χ4v) is 7.33. The van der Waals surface area contributed by atoms with Crippen LogP contribution >= 0.6 is 11.3 Å². The standard InChI is InChI=1S/C27H33N3O4S2/c1-2-34-24-12-10-22(11-13-24)28-27-30(23-6-4-3-5-7-23)26(20-35-27)21-8-14-25(15-9-21)36(31,32)29-16-18-33-19-17-29/h8-15,20,23H,2-7,16-19H2,1H3. The Morgan fingerprint density at radius 2 is 1.69 bits per heavy atom. The lowest BCUT2D eigenvalue weighted by Gasteiger charge is -2.26. The fourth-order valence-electron chi connectivity index (χ4n) is 4.93. The maximum atomic E-state index is 13.1. The van der Waals surface area contributed by atoms with Crippen molar-refractivity contribution in [1.82, 2.24) is 8.87 Å².